The molecule has 0 aliphatic carbocycles. The fourth-order valence-electron chi connectivity index (χ4n) is 3.43. The predicted molar refractivity (Wildman–Crippen MR) is 110 cm³/mol. The lowest BCUT2D eigenvalue weighted by Crippen LogP contribution is -2.50. The SMILES string of the molecule is Cc1c(C(=O)N2CCN(S(=O)(=O)c3ccc(F)cc3)CC2)oc2ccc(Br)cc12. The van der Waals surface area contributed by atoms with Crippen molar-refractivity contribution in [3.8, 4) is 0 Å². The van der Waals surface area contributed by atoms with E-state index in [0.717, 1.165) is 27.6 Å². The van der Waals surface area contributed by atoms with Crippen molar-refractivity contribution in [3.63, 3.8) is 0 Å². The number of benzene rings is 2. The largest absolute Gasteiger partial charge is 0.451 e. The first-order valence-corrected chi connectivity index (χ1v) is 11.2. The van der Waals surface area contributed by atoms with Crippen LogP contribution in [0.5, 0.6) is 0 Å². The molecular weight excluding hydrogens is 463 g/mol. The number of nitrogens with zero attached hydrogens (tertiary/aromatic N) is 2. The Bertz CT molecular complexity index is 1180. The first kappa shape index (κ1) is 20.1. The van der Waals surface area contributed by atoms with E-state index in [9.17, 15) is 17.6 Å². The number of aryl methyl sites for hydroxylation is 1. The van der Waals surface area contributed by atoms with Crippen molar-refractivity contribution in [2.75, 3.05) is 26.2 Å². The number of piperazine rings is 1. The second-order valence-corrected chi connectivity index (χ2v) is 9.70. The van der Waals surface area contributed by atoms with E-state index in [1.807, 2.05) is 19.1 Å². The maximum atomic E-state index is 13.1. The van der Waals surface area contributed by atoms with Gasteiger partial charge in [-0.3, -0.25) is 4.79 Å². The van der Waals surface area contributed by atoms with Crippen LogP contribution in [-0.4, -0.2) is 49.7 Å². The Balaban J connectivity index is 1.50. The van der Waals surface area contributed by atoms with Crippen LogP contribution in [0.2, 0.25) is 0 Å². The third kappa shape index (κ3) is 3.70. The molecule has 0 unspecified atom stereocenters. The summed E-state index contributed by atoms with van der Waals surface area (Å²) >= 11 is 3.42. The van der Waals surface area contributed by atoms with Crippen LogP contribution in [-0.2, 0) is 10.0 Å². The minimum atomic E-state index is -3.73. The summed E-state index contributed by atoms with van der Waals surface area (Å²) in [6.07, 6.45) is 0. The normalized spacial score (nSPS) is 15.8. The number of hydrogen-bond acceptors (Lipinski definition) is 4. The zero-order valence-corrected chi connectivity index (χ0v) is 18.0. The van der Waals surface area contributed by atoms with Crippen molar-refractivity contribution in [1.29, 1.82) is 0 Å². The molecule has 2 aromatic carbocycles. The van der Waals surface area contributed by atoms with E-state index in [1.165, 1.54) is 16.4 Å². The molecule has 0 atom stereocenters. The smallest absolute Gasteiger partial charge is 0.289 e. The highest BCUT2D eigenvalue weighted by atomic mass is 79.9. The van der Waals surface area contributed by atoms with E-state index in [2.05, 4.69) is 15.9 Å². The van der Waals surface area contributed by atoms with Gasteiger partial charge in [0.25, 0.3) is 5.91 Å². The molecule has 1 saturated heterocycles. The molecule has 0 bridgehead atoms. The monoisotopic (exact) mass is 480 g/mol. The third-order valence-corrected chi connectivity index (χ3v) is 7.48. The van der Waals surface area contributed by atoms with E-state index in [-0.39, 0.29) is 42.7 Å². The van der Waals surface area contributed by atoms with Gasteiger partial charge in [0, 0.05) is 41.6 Å². The van der Waals surface area contributed by atoms with Gasteiger partial charge in [-0.2, -0.15) is 4.31 Å². The van der Waals surface area contributed by atoms with Gasteiger partial charge in [0.15, 0.2) is 5.76 Å². The van der Waals surface area contributed by atoms with Crippen LogP contribution in [0.1, 0.15) is 16.1 Å². The maximum absolute atomic E-state index is 13.1. The first-order chi connectivity index (χ1) is 13.8. The molecule has 0 N–H and O–H groups in total. The molecule has 9 heteroatoms. The van der Waals surface area contributed by atoms with E-state index in [4.69, 9.17) is 4.42 Å². The second-order valence-electron chi connectivity index (χ2n) is 6.85. The number of furan rings is 1. The summed E-state index contributed by atoms with van der Waals surface area (Å²) in [5.41, 5.74) is 1.39. The Hall–Kier alpha value is -2.23. The van der Waals surface area contributed by atoms with E-state index >= 15 is 0 Å². The number of amides is 1. The number of rotatable bonds is 3. The lowest BCUT2D eigenvalue weighted by Gasteiger charge is -2.33. The molecule has 0 saturated carbocycles. The molecule has 1 aliphatic heterocycles. The Morgan fingerprint density at radius 1 is 1.07 bits per heavy atom. The lowest BCUT2D eigenvalue weighted by atomic mass is 10.1. The molecule has 1 aromatic heterocycles. The van der Waals surface area contributed by atoms with E-state index in [1.54, 1.807) is 11.0 Å². The van der Waals surface area contributed by atoms with Gasteiger partial charge in [-0.25, -0.2) is 12.8 Å². The van der Waals surface area contributed by atoms with Crippen LogP contribution in [0.25, 0.3) is 11.0 Å². The minimum Gasteiger partial charge on any atom is -0.451 e. The number of carbonyl (C=O) groups is 1. The average Bonchev–Trinajstić information content (AvgIpc) is 3.04. The number of halogens is 2. The standard InChI is InChI=1S/C20H18BrFN2O4S/c1-13-17-12-14(21)2-7-18(17)28-19(13)20(25)23-8-10-24(11-9-23)29(26,27)16-5-3-15(22)4-6-16/h2-7,12H,8-11H2,1H3. The van der Waals surface area contributed by atoms with E-state index in [0.29, 0.717) is 5.58 Å². The van der Waals surface area contributed by atoms with Gasteiger partial charge in [0.2, 0.25) is 10.0 Å². The predicted octanol–water partition coefficient (Wildman–Crippen LogP) is 3.79. The highest BCUT2D eigenvalue weighted by molar-refractivity contribution is 9.10. The van der Waals surface area contributed by atoms with Gasteiger partial charge < -0.3 is 9.32 Å². The number of fused-ring (bicyclic) bond motifs is 1. The Kier molecular flexibility index (Phi) is 5.22. The van der Waals surface area contributed by atoms with Crippen molar-refractivity contribution in [1.82, 2.24) is 9.21 Å². The molecule has 6 nitrogen and oxygen atoms in total. The fourth-order valence-corrected chi connectivity index (χ4v) is 5.21. The number of carbonyl (C=O) groups excluding carboxylic acids is 1. The molecule has 1 fully saturated rings. The van der Waals surface area contributed by atoms with Crippen LogP contribution >= 0.6 is 15.9 Å². The highest BCUT2D eigenvalue weighted by Gasteiger charge is 2.32. The van der Waals surface area contributed by atoms with Crippen LogP contribution in [0.4, 0.5) is 4.39 Å². The van der Waals surface area contributed by atoms with Crippen molar-refractivity contribution >= 4 is 42.8 Å². The molecule has 152 valence electrons. The van der Waals surface area contributed by atoms with Gasteiger partial charge >= 0.3 is 0 Å². The van der Waals surface area contributed by atoms with E-state index < -0.39 is 15.8 Å². The fraction of sp³-hybridized carbons (Fsp3) is 0.250. The highest BCUT2D eigenvalue weighted by Crippen LogP contribution is 2.29. The molecular formula is C20H18BrFN2O4S. The van der Waals surface area contributed by atoms with Gasteiger partial charge in [0.05, 0.1) is 4.90 Å². The van der Waals surface area contributed by atoms with Crippen molar-refractivity contribution in [2.24, 2.45) is 0 Å². The molecule has 2 heterocycles. The van der Waals surface area contributed by atoms with Crippen LogP contribution < -0.4 is 0 Å². The molecule has 29 heavy (non-hydrogen) atoms. The maximum Gasteiger partial charge on any atom is 0.289 e. The molecule has 0 spiro atoms. The summed E-state index contributed by atoms with van der Waals surface area (Å²) in [5.74, 6) is -0.478. The Morgan fingerprint density at radius 2 is 1.72 bits per heavy atom. The topological polar surface area (TPSA) is 70.8 Å². The lowest BCUT2D eigenvalue weighted by molar-refractivity contribution is 0.0667. The molecule has 0 radical (unpaired) electrons. The Labute approximate surface area is 176 Å². The summed E-state index contributed by atoms with van der Waals surface area (Å²) in [5, 5.41) is 0.861. The van der Waals surface area contributed by atoms with Crippen molar-refractivity contribution in [2.45, 2.75) is 11.8 Å². The molecule has 4 rings (SSSR count). The minimum absolute atomic E-state index is 0.0392. The summed E-state index contributed by atoms with van der Waals surface area (Å²) in [6.45, 7) is 2.66. The molecule has 3 aromatic rings. The molecule has 1 aliphatic rings. The quantitative estimate of drug-likeness (QED) is 0.571. The van der Waals surface area contributed by atoms with Crippen LogP contribution in [0, 0.1) is 12.7 Å². The van der Waals surface area contributed by atoms with Gasteiger partial charge in [-0.1, -0.05) is 15.9 Å². The number of hydrogen-bond donors (Lipinski definition) is 0. The molecule has 1 amide bonds. The van der Waals surface area contributed by atoms with Crippen LogP contribution in [0.3, 0.4) is 0 Å². The Morgan fingerprint density at radius 3 is 2.38 bits per heavy atom. The third-order valence-electron chi connectivity index (χ3n) is 5.07. The zero-order valence-electron chi connectivity index (χ0n) is 15.6. The summed E-state index contributed by atoms with van der Waals surface area (Å²) in [4.78, 5) is 14.6. The summed E-state index contributed by atoms with van der Waals surface area (Å²) in [6, 6.07) is 10.3. The van der Waals surface area contributed by atoms with Gasteiger partial charge in [-0.15, -0.1) is 0 Å². The van der Waals surface area contributed by atoms with Gasteiger partial charge in [0.1, 0.15) is 11.4 Å². The van der Waals surface area contributed by atoms with Crippen molar-refractivity contribution in [3.05, 3.63) is 64.1 Å². The average molecular weight is 481 g/mol. The zero-order chi connectivity index (χ0) is 20.8. The van der Waals surface area contributed by atoms with Crippen LogP contribution in [0.15, 0.2) is 56.2 Å². The summed E-state index contributed by atoms with van der Waals surface area (Å²) in [7, 11) is -3.73. The second kappa shape index (κ2) is 7.55. The van der Waals surface area contributed by atoms with Gasteiger partial charge in [-0.05, 0) is 49.4 Å². The van der Waals surface area contributed by atoms with Crippen molar-refractivity contribution < 1.29 is 22.0 Å². The number of sulfonamides is 1. The first-order valence-electron chi connectivity index (χ1n) is 9.01. The summed E-state index contributed by atoms with van der Waals surface area (Å²) < 4.78 is 46.5.